The molecular formula is C35H71NO14. The van der Waals surface area contributed by atoms with E-state index in [-0.39, 0.29) is 0 Å². The van der Waals surface area contributed by atoms with Crippen LogP contribution in [-0.2, 0) is 61.6 Å². The number of unbranched alkanes of at least 4 members (excludes halogenated alkanes) is 3. The second-order valence-corrected chi connectivity index (χ2v) is 11.8. The maximum atomic E-state index is 11.5. The van der Waals surface area contributed by atoms with Crippen LogP contribution in [-0.4, -0.2) is 177 Å². The van der Waals surface area contributed by atoms with E-state index in [1.54, 1.807) is 0 Å². The lowest BCUT2D eigenvalue weighted by molar-refractivity contribution is -0.0283. The summed E-state index contributed by atoms with van der Waals surface area (Å²) >= 11 is 0. The highest BCUT2D eigenvalue weighted by Gasteiger charge is 2.15. The number of nitrogens with one attached hydrogen (secondary N) is 1. The van der Waals surface area contributed by atoms with Crippen molar-refractivity contribution in [2.24, 2.45) is 0 Å². The molecular weight excluding hydrogens is 658 g/mol. The summed E-state index contributed by atoms with van der Waals surface area (Å²) in [6, 6.07) is 0. The standard InChI is InChI=1S/C35H71NO14/c1-5-6-7-8-10-38-12-14-40-16-18-42-20-22-44-24-26-46-28-30-48-32-33-49-31-29-47-27-25-45-23-21-43-19-17-41-15-13-39-11-9-36-34(37)50-35(2,3)4/h5-33H2,1-4H3,(H,36,37). The lowest BCUT2D eigenvalue weighted by Crippen LogP contribution is -2.34. The van der Waals surface area contributed by atoms with Gasteiger partial charge >= 0.3 is 6.09 Å². The number of hydrogen-bond acceptors (Lipinski definition) is 14. The fourth-order valence-electron chi connectivity index (χ4n) is 3.69. The summed E-state index contributed by atoms with van der Waals surface area (Å²) in [5, 5.41) is 2.63. The van der Waals surface area contributed by atoms with Gasteiger partial charge in [0.05, 0.1) is 152 Å². The maximum Gasteiger partial charge on any atom is 0.407 e. The molecule has 0 saturated heterocycles. The molecule has 0 aliphatic heterocycles. The van der Waals surface area contributed by atoms with E-state index in [0.29, 0.717) is 159 Å². The van der Waals surface area contributed by atoms with Gasteiger partial charge in [-0.05, 0) is 27.2 Å². The van der Waals surface area contributed by atoms with Crippen LogP contribution in [0.2, 0.25) is 0 Å². The molecule has 300 valence electrons. The third kappa shape index (κ3) is 44.8. The first-order valence-corrected chi connectivity index (χ1v) is 18.4. The summed E-state index contributed by atoms with van der Waals surface area (Å²) in [5.41, 5.74) is -0.511. The Morgan fingerprint density at radius 3 is 0.900 bits per heavy atom. The second-order valence-electron chi connectivity index (χ2n) is 11.8. The summed E-state index contributed by atoms with van der Waals surface area (Å²) in [6.07, 6.45) is 4.43. The van der Waals surface area contributed by atoms with Gasteiger partial charge in [0.15, 0.2) is 0 Å². The highest BCUT2D eigenvalue weighted by molar-refractivity contribution is 5.67. The van der Waals surface area contributed by atoms with E-state index in [0.717, 1.165) is 13.0 Å². The largest absolute Gasteiger partial charge is 0.444 e. The van der Waals surface area contributed by atoms with E-state index in [2.05, 4.69) is 12.2 Å². The minimum Gasteiger partial charge on any atom is -0.444 e. The Kier molecular flexibility index (Phi) is 39.6. The van der Waals surface area contributed by atoms with Gasteiger partial charge in [-0.3, -0.25) is 0 Å². The Morgan fingerprint density at radius 2 is 0.640 bits per heavy atom. The van der Waals surface area contributed by atoms with Crippen LogP contribution in [0, 0.1) is 0 Å². The first kappa shape index (κ1) is 48.8. The van der Waals surface area contributed by atoms with Gasteiger partial charge in [-0.25, -0.2) is 4.79 Å². The van der Waals surface area contributed by atoms with E-state index >= 15 is 0 Å². The summed E-state index contributed by atoms with van der Waals surface area (Å²) in [4.78, 5) is 11.5. The summed E-state index contributed by atoms with van der Waals surface area (Å²) in [7, 11) is 0. The van der Waals surface area contributed by atoms with Crippen LogP contribution in [0.5, 0.6) is 0 Å². The van der Waals surface area contributed by atoms with Crippen LogP contribution in [0.3, 0.4) is 0 Å². The first-order valence-electron chi connectivity index (χ1n) is 18.4. The Morgan fingerprint density at radius 1 is 0.380 bits per heavy atom. The quantitative estimate of drug-likeness (QED) is 0.0918. The average molecular weight is 730 g/mol. The maximum absolute atomic E-state index is 11.5. The van der Waals surface area contributed by atoms with Gasteiger partial charge in [0.2, 0.25) is 0 Å². The second kappa shape index (κ2) is 40.6. The van der Waals surface area contributed by atoms with Crippen LogP contribution in [0.1, 0.15) is 53.4 Å². The molecule has 1 amide bonds. The molecule has 1 N–H and O–H groups in total. The molecule has 0 unspecified atom stereocenters. The molecule has 0 aromatic rings. The van der Waals surface area contributed by atoms with Crippen LogP contribution in [0.15, 0.2) is 0 Å². The third-order valence-electron chi connectivity index (χ3n) is 6.15. The van der Waals surface area contributed by atoms with Crippen molar-refractivity contribution in [1.29, 1.82) is 0 Å². The lowest BCUT2D eigenvalue weighted by atomic mass is 10.2. The summed E-state index contributed by atoms with van der Waals surface area (Å²) in [5.74, 6) is 0. The smallest absolute Gasteiger partial charge is 0.407 e. The molecule has 0 bridgehead atoms. The van der Waals surface area contributed by atoms with Crippen LogP contribution < -0.4 is 5.32 Å². The van der Waals surface area contributed by atoms with Gasteiger partial charge < -0.3 is 66.9 Å². The van der Waals surface area contributed by atoms with E-state index in [1.807, 2.05) is 20.8 Å². The number of rotatable bonds is 41. The average Bonchev–Trinajstić information content (AvgIpc) is 3.08. The predicted octanol–water partition coefficient (Wildman–Crippen LogP) is 3.29. The van der Waals surface area contributed by atoms with Gasteiger partial charge in [0, 0.05) is 13.2 Å². The summed E-state index contributed by atoms with van der Waals surface area (Å²) in [6.45, 7) is 20.5. The van der Waals surface area contributed by atoms with E-state index in [1.165, 1.54) is 19.3 Å². The zero-order valence-corrected chi connectivity index (χ0v) is 31.7. The fraction of sp³-hybridized carbons (Fsp3) is 0.971. The van der Waals surface area contributed by atoms with Gasteiger partial charge in [-0.2, -0.15) is 0 Å². The normalized spacial score (nSPS) is 11.8. The number of hydrogen-bond donors (Lipinski definition) is 1. The fourth-order valence-corrected chi connectivity index (χ4v) is 3.69. The topological polar surface area (TPSA) is 149 Å². The molecule has 0 saturated carbocycles. The Labute approximate surface area is 301 Å². The molecule has 0 aliphatic carbocycles. The van der Waals surface area contributed by atoms with Crippen molar-refractivity contribution in [3.63, 3.8) is 0 Å². The van der Waals surface area contributed by atoms with Gasteiger partial charge in [0.25, 0.3) is 0 Å². The molecule has 0 rings (SSSR count). The monoisotopic (exact) mass is 729 g/mol. The zero-order valence-electron chi connectivity index (χ0n) is 31.7. The van der Waals surface area contributed by atoms with Gasteiger partial charge in [-0.1, -0.05) is 26.2 Å². The summed E-state index contributed by atoms with van der Waals surface area (Å²) < 4.78 is 70.8. The van der Waals surface area contributed by atoms with Crippen LogP contribution in [0.4, 0.5) is 4.79 Å². The third-order valence-corrected chi connectivity index (χ3v) is 6.15. The number of carbonyl (C=O) groups is 1. The SMILES string of the molecule is CCCCCCOCCOCCOCCOCCOCCOCCOCCOCCOCCOCCOCCOCCNC(=O)OC(C)(C)C. The molecule has 0 spiro atoms. The van der Waals surface area contributed by atoms with E-state index in [4.69, 9.17) is 61.6 Å². The van der Waals surface area contributed by atoms with E-state index in [9.17, 15) is 4.79 Å². The number of carbonyl (C=O) groups excluding carboxylic acids is 1. The van der Waals surface area contributed by atoms with Crippen molar-refractivity contribution in [3.05, 3.63) is 0 Å². The minimum absolute atomic E-state index is 0.383. The molecule has 0 aliphatic rings. The minimum atomic E-state index is -0.511. The molecule has 0 heterocycles. The van der Waals surface area contributed by atoms with Crippen molar-refractivity contribution >= 4 is 6.09 Å². The van der Waals surface area contributed by atoms with E-state index < -0.39 is 11.7 Å². The van der Waals surface area contributed by atoms with Crippen LogP contribution >= 0.6 is 0 Å². The van der Waals surface area contributed by atoms with Gasteiger partial charge in [-0.15, -0.1) is 0 Å². The highest BCUT2D eigenvalue weighted by atomic mass is 16.6. The number of amides is 1. The first-order chi connectivity index (χ1) is 24.5. The Hall–Kier alpha value is -1.21. The Balaban J connectivity index is 3.09. The van der Waals surface area contributed by atoms with Crippen molar-refractivity contribution in [1.82, 2.24) is 5.32 Å². The Bertz CT molecular complexity index is 672. The van der Waals surface area contributed by atoms with Crippen molar-refractivity contribution in [2.75, 3.05) is 165 Å². The van der Waals surface area contributed by atoms with Crippen molar-refractivity contribution in [3.8, 4) is 0 Å². The molecule has 15 heteroatoms. The van der Waals surface area contributed by atoms with Crippen LogP contribution in [0.25, 0.3) is 0 Å². The van der Waals surface area contributed by atoms with Crippen molar-refractivity contribution < 1.29 is 66.4 Å². The van der Waals surface area contributed by atoms with Gasteiger partial charge in [0.1, 0.15) is 5.60 Å². The molecule has 0 aromatic carbocycles. The molecule has 0 fully saturated rings. The number of ether oxygens (including phenoxy) is 13. The molecule has 0 radical (unpaired) electrons. The molecule has 50 heavy (non-hydrogen) atoms. The predicted molar refractivity (Wildman–Crippen MR) is 188 cm³/mol. The zero-order chi connectivity index (χ0) is 36.5. The highest BCUT2D eigenvalue weighted by Crippen LogP contribution is 2.06. The number of alkyl carbamates (subject to hydrolysis) is 1. The molecule has 15 nitrogen and oxygen atoms in total. The molecule has 0 aromatic heterocycles. The lowest BCUT2D eigenvalue weighted by Gasteiger charge is -2.19. The van der Waals surface area contributed by atoms with Crippen molar-refractivity contribution in [2.45, 2.75) is 59.0 Å². The molecule has 0 atom stereocenters.